The third-order valence-electron chi connectivity index (χ3n) is 7.95. The standard InChI is InChI=1S/2C20H15.C3H6.2ClH.Zr/c2*1-14-12-16-8-5-11-19(20(16)13-14)18-10-4-7-15-6-2-3-9-17(15)18;1-3-2;;;/h2*2-13H,1H3;1-2H3;2*1H;/q2*-1;;;;+2. The third kappa shape index (κ3) is 7.67. The van der Waals surface area contributed by atoms with Crippen LogP contribution < -0.4 is 0 Å². The molecule has 228 valence electrons. The van der Waals surface area contributed by atoms with Crippen LogP contribution in [-0.4, -0.2) is 3.21 Å². The van der Waals surface area contributed by atoms with Crippen molar-refractivity contribution in [3.05, 3.63) is 157 Å². The van der Waals surface area contributed by atoms with Crippen LogP contribution >= 0.6 is 24.8 Å². The van der Waals surface area contributed by atoms with Gasteiger partial charge in [-0.25, -0.2) is 0 Å². The minimum absolute atomic E-state index is 0. The van der Waals surface area contributed by atoms with Crippen molar-refractivity contribution in [1.29, 1.82) is 0 Å². The molecule has 0 bridgehead atoms. The van der Waals surface area contributed by atoms with E-state index in [1.54, 1.807) is 24.2 Å². The Morgan fingerprint density at radius 1 is 0.435 bits per heavy atom. The van der Waals surface area contributed by atoms with Crippen LogP contribution in [0.5, 0.6) is 0 Å². The smallest absolute Gasteiger partial charge is 0.0114 e. The average Bonchev–Trinajstić information content (AvgIpc) is 3.61. The molecule has 3 heteroatoms. The molecule has 0 aliphatic rings. The van der Waals surface area contributed by atoms with Gasteiger partial charge in [0.05, 0.1) is 0 Å². The Kier molecular flexibility index (Phi) is 12.1. The van der Waals surface area contributed by atoms with E-state index in [0.717, 1.165) is 0 Å². The van der Waals surface area contributed by atoms with Crippen LogP contribution in [0.4, 0.5) is 0 Å². The minimum Gasteiger partial charge on any atom is -0.165 e. The fraction of sp³-hybridized carbons (Fsp3) is 0.0930. The Labute approximate surface area is 300 Å². The second kappa shape index (κ2) is 15.8. The van der Waals surface area contributed by atoms with Gasteiger partial charge in [0, 0.05) is 0 Å². The van der Waals surface area contributed by atoms with Crippen LogP contribution in [-0.2, 0) is 24.2 Å². The molecule has 8 aromatic rings. The molecule has 46 heavy (non-hydrogen) atoms. The molecule has 0 heterocycles. The van der Waals surface area contributed by atoms with E-state index in [2.05, 4.69) is 173 Å². The van der Waals surface area contributed by atoms with Gasteiger partial charge in [0.1, 0.15) is 0 Å². The van der Waals surface area contributed by atoms with Crippen LogP contribution in [0.1, 0.15) is 25.0 Å². The molecule has 0 aromatic heterocycles. The number of rotatable bonds is 2. The van der Waals surface area contributed by atoms with Gasteiger partial charge < -0.3 is 0 Å². The summed E-state index contributed by atoms with van der Waals surface area (Å²) in [7, 11) is 0. The van der Waals surface area contributed by atoms with E-state index in [1.165, 1.54) is 79.7 Å². The maximum Gasteiger partial charge on any atom is -0.0114 e. The van der Waals surface area contributed by atoms with Gasteiger partial charge >= 0.3 is 41.3 Å². The summed E-state index contributed by atoms with van der Waals surface area (Å²) in [6.07, 6.45) is 0. The van der Waals surface area contributed by atoms with Crippen molar-refractivity contribution in [2.75, 3.05) is 0 Å². The molecule has 0 atom stereocenters. The summed E-state index contributed by atoms with van der Waals surface area (Å²) in [5, 5.41) is 10.6. The number of halogens is 2. The van der Waals surface area contributed by atoms with Gasteiger partial charge in [-0.3, -0.25) is 0 Å². The van der Waals surface area contributed by atoms with Crippen LogP contribution in [0.25, 0.3) is 65.3 Å². The topological polar surface area (TPSA) is 0 Å². The molecule has 0 saturated heterocycles. The Morgan fingerprint density at radius 2 is 0.739 bits per heavy atom. The molecular formula is C43H38Cl2Zr. The second-order valence-corrected chi connectivity index (χ2v) is 14.2. The largest absolute Gasteiger partial charge is 0.165 e. The Balaban J connectivity index is 0.000000180. The number of hydrogen-bond acceptors (Lipinski definition) is 0. The fourth-order valence-electron chi connectivity index (χ4n) is 6.16. The average molecular weight is 717 g/mol. The number of benzene rings is 6. The van der Waals surface area contributed by atoms with E-state index < -0.39 is 0 Å². The quantitative estimate of drug-likeness (QED) is 0.156. The van der Waals surface area contributed by atoms with Gasteiger partial charge in [0.2, 0.25) is 0 Å². The van der Waals surface area contributed by atoms with Crippen molar-refractivity contribution in [3.63, 3.8) is 0 Å². The van der Waals surface area contributed by atoms with E-state index >= 15 is 0 Å². The summed E-state index contributed by atoms with van der Waals surface area (Å²) in [6.45, 7) is 8.57. The van der Waals surface area contributed by atoms with E-state index in [9.17, 15) is 0 Å². The molecular weight excluding hydrogens is 679 g/mol. The molecule has 0 radical (unpaired) electrons. The molecule has 0 aliphatic heterocycles. The zero-order valence-electron chi connectivity index (χ0n) is 26.7. The van der Waals surface area contributed by atoms with Gasteiger partial charge in [-0.15, -0.1) is 93.9 Å². The molecule has 0 spiro atoms. The molecule has 0 amide bonds. The molecule has 0 nitrogen and oxygen atoms in total. The zero-order chi connectivity index (χ0) is 30.6. The van der Waals surface area contributed by atoms with Crippen molar-refractivity contribution in [2.24, 2.45) is 0 Å². The molecule has 0 fully saturated rings. The number of hydrogen-bond donors (Lipinski definition) is 0. The Hall–Kier alpha value is -3.61. The van der Waals surface area contributed by atoms with Crippen LogP contribution in [0.15, 0.2) is 146 Å². The molecule has 8 aromatic carbocycles. The Bertz CT molecular complexity index is 2080. The summed E-state index contributed by atoms with van der Waals surface area (Å²) in [5.74, 6) is 0. The Morgan fingerprint density at radius 3 is 1.13 bits per heavy atom. The van der Waals surface area contributed by atoms with Gasteiger partial charge in [-0.05, 0) is 32.7 Å². The maximum absolute atomic E-state index is 2.28. The van der Waals surface area contributed by atoms with Crippen molar-refractivity contribution >= 4 is 71.1 Å². The summed E-state index contributed by atoms with van der Waals surface area (Å²) in [5.41, 5.74) is 7.94. The minimum atomic E-state index is 0. The van der Waals surface area contributed by atoms with Crippen LogP contribution in [0.3, 0.4) is 0 Å². The van der Waals surface area contributed by atoms with Crippen molar-refractivity contribution in [3.8, 4) is 22.3 Å². The van der Waals surface area contributed by atoms with E-state index in [-0.39, 0.29) is 24.8 Å². The zero-order valence-corrected chi connectivity index (χ0v) is 30.8. The predicted molar refractivity (Wildman–Crippen MR) is 205 cm³/mol. The summed E-state index contributed by atoms with van der Waals surface area (Å²) >= 11 is 1.55. The molecule has 0 saturated carbocycles. The summed E-state index contributed by atoms with van der Waals surface area (Å²) in [6, 6.07) is 52.5. The van der Waals surface area contributed by atoms with Crippen molar-refractivity contribution in [2.45, 2.75) is 27.7 Å². The SMILES string of the molecule is C[C](C)=[Zr+2].Cc1cc2c(-c3cccc4ccccc34)cccc2[cH-]1.Cc1cc2c(-c3cccc4ccccc34)cccc2[cH-]1.Cl.Cl. The molecule has 8 rings (SSSR count). The molecule has 0 aliphatic carbocycles. The monoisotopic (exact) mass is 714 g/mol. The fourth-order valence-corrected chi connectivity index (χ4v) is 6.16. The van der Waals surface area contributed by atoms with Crippen molar-refractivity contribution < 1.29 is 24.2 Å². The summed E-state index contributed by atoms with van der Waals surface area (Å²) < 4.78 is 1.51. The maximum atomic E-state index is 2.28. The first-order valence-electron chi connectivity index (χ1n) is 15.2. The van der Waals surface area contributed by atoms with Crippen LogP contribution in [0.2, 0.25) is 0 Å². The normalized spacial score (nSPS) is 10.4. The van der Waals surface area contributed by atoms with E-state index in [4.69, 9.17) is 0 Å². The van der Waals surface area contributed by atoms with Gasteiger partial charge in [-0.2, -0.15) is 12.1 Å². The van der Waals surface area contributed by atoms with Gasteiger partial charge in [0.15, 0.2) is 0 Å². The number of fused-ring (bicyclic) bond motifs is 4. The molecule has 0 N–H and O–H groups in total. The van der Waals surface area contributed by atoms with Crippen molar-refractivity contribution in [1.82, 2.24) is 0 Å². The first kappa shape index (κ1) is 35.3. The summed E-state index contributed by atoms with van der Waals surface area (Å²) in [4.78, 5) is 0. The van der Waals surface area contributed by atoms with Crippen LogP contribution in [0, 0.1) is 13.8 Å². The first-order chi connectivity index (χ1) is 21.4. The third-order valence-corrected chi connectivity index (χ3v) is 7.95. The van der Waals surface area contributed by atoms with E-state index in [0.29, 0.717) is 0 Å². The van der Waals surface area contributed by atoms with E-state index in [1.807, 2.05) is 0 Å². The number of aryl methyl sites for hydroxylation is 2. The predicted octanol–water partition coefficient (Wildman–Crippen LogP) is 13.0. The van der Waals surface area contributed by atoms with Gasteiger partial charge in [-0.1, -0.05) is 122 Å². The first-order valence-corrected chi connectivity index (χ1v) is 16.4. The van der Waals surface area contributed by atoms with Gasteiger partial charge in [0.25, 0.3) is 0 Å². The second-order valence-electron chi connectivity index (χ2n) is 11.7. The molecule has 0 unspecified atom stereocenters.